The van der Waals surface area contributed by atoms with Gasteiger partial charge in [0.25, 0.3) is 10.0 Å². The number of nitrogens with one attached hydrogen (secondary N) is 1. The number of carbonyl (C=O) groups is 2. The molecule has 0 bridgehead atoms. The van der Waals surface area contributed by atoms with Gasteiger partial charge in [0.15, 0.2) is 0 Å². The highest BCUT2D eigenvalue weighted by Gasteiger charge is 2.32. The van der Waals surface area contributed by atoms with Crippen LogP contribution >= 0.6 is 0 Å². The molecule has 39 heavy (non-hydrogen) atoms. The van der Waals surface area contributed by atoms with E-state index in [0.29, 0.717) is 11.4 Å². The molecule has 0 heterocycles. The molecular formula is C30H37N3O5S. The highest BCUT2D eigenvalue weighted by atomic mass is 32.2. The molecule has 0 aromatic heterocycles. The summed E-state index contributed by atoms with van der Waals surface area (Å²) in [6.45, 7) is 8.71. The number of hydrogen-bond acceptors (Lipinski definition) is 5. The van der Waals surface area contributed by atoms with Crippen molar-refractivity contribution in [3.05, 3.63) is 89.5 Å². The van der Waals surface area contributed by atoms with Gasteiger partial charge < -0.3 is 15.0 Å². The number of aryl methyl sites for hydroxylation is 2. The molecule has 0 unspecified atom stereocenters. The Morgan fingerprint density at radius 3 is 2.03 bits per heavy atom. The summed E-state index contributed by atoms with van der Waals surface area (Å²) < 4.78 is 34.1. The van der Waals surface area contributed by atoms with Gasteiger partial charge in [0, 0.05) is 12.6 Å². The van der Waals surface area contributed by atoms with Crippen LogP contribution in [0.2, 0.25) is 0 Å². The van der Waals surface area contributed by atoms with Crippen LogP contribution in [0.5, 0.6) is 5.75 Å². The molecule has 3 rings (SSSR count). The summed E-state index contributed by atoms with van der Waals surface area (Å²) in [7, 11) is -2.53. The van der Waals surface area contributed by atoms with Gasteiger partial charge in [-0.3, -0.25) is 13.9 Å². The van der Waals surface area contributed by atoms with Crippen molar-refractivity contribution in [2.75, 3.05) is 18.0 Å². The van der Waals surface area contributed by atoms with E-state index in [1.54, 1.807) is 56.5 Å². The fourth-order valence-corrected chi connectivity index (χ4v) is 5.68. The number of ether oxygens (including phenoxy) is 1. The van der Waals surface area contributed by atoms with Crippen molar-refractivity contribution in [1.82, 2.24) is 10.2 Å². The first-order valence-electron chi connectivity index (χ1n) is 12.8. The third kappa shape index (κ3) is 7.60. The molecule has 208 valence electrons. The molecule has 0 aliphatic heterocycles. The molecule has 0 spiro atoms. The molecule has 0 aliphatic rings. The Morgan fingerprint density at radius 1 is 0.897 bits per heavy atom. The van der Waals surface area contributed by atoms with E-state index in [-0.39, 0.29) is 23.4 Å². The second-order valence-electron chi connectivity index (χ2n) is 9.88. The molecule has 2 amide bonds. The highest BCUT2D eigenvalue weighted by Crippen LogP contribution is 2.26. The molecule has 0 radical (unpaired) electrons. The molecule has 3 aromatic carbocycles. The maximum absolute atomic E-state index is 13.9. The van der Waals surface area contributed by atoms with Crippen LogP contribution in [0.3, 0.4) is 0 Å². The Bertz CT molecular complexity index is 1370. The van der Waals surface area contributed by atoms with Crippen LogP contribution in [-0.2, 0) is 26.2 Å². The zero-order chi connectivity index (χ0) is 28.7. The van der Waals surface area contributed by atoms with Crippen LogP contribution in [0.15, 0.2) is 77.7 Å². The second-order valence-corrected chi connectivity index (χ2v) is 11.7. The van der Waals surface area contributed by atoms with E-state index in [1.165, 1.54) is 17.0 Å². The van der Waals surface area contributed by atoms with Crippen LogP contribution in [0.1, 0.15) is 37.5 Å². The first-order valence-corrected chi connectivity index (χ1v) is 14.2. The zero-order valence-electron chi connectivity index (χ0n) is 23.3. The van der Waals surface area contributed by atoms with E-state index in [4.69, 9.17) is 4.74 Å². The van der Waals surface area contributed by atoms with Crippen LogP contribution in [0.4, 0.5) is 5.69 Å². The van der Waals surface area contributed by atoms with Crippen molar-refractivity contribution in [3.8, 4) is 5.75 Å². The van der Waals surface area contributed by atoms with Crippen LogP contribution in [0.25, 0.3) is 0 Å². The first kappa shape index (κ1) is 29.7. The molecule has 3 aromatic rings. The van der Waals surface area contributed by atoms with Gasteiger partial charge in [0.2, 0.25) is 11.8 Å². The average Bonchev–Trinajstić information content (AvgIpc) is 2.89. The van der Waals surface area contributed by atoms with E-state index >= 15 is 0 Å². The Labute approximate surface area is 231 Å². The fraction of sp³-hybridized carbons (Fsp3) is 0.333. The number of anilines is 1. The molecular weight excluding hydrogens is 514 g/mol. The van der Waals surface area contributed by atoms with Crippen LogP contribution in [0, 0.1) is 13.8 Å². The van der Waals surface area contributed by atoms with Gasteiger partial charge in [-0.25, -0.2) is 8.42 Å². The summed E-state index contributed by atoms with van der Waals surface area (Å²) in [6.07, 6.45) is 0. The predicted molar refractivity (Wildman–Crippen MR) is 153 cm³/mol. The minimum absolute atomic E-state index is 0.0734. The number of rotatable bonds is 11. The van der Waals surface area contributed by atoms with Gasteiger partial charge in [-0.15, -0.1) is 0 Å². The molecule has 0 fully saturated rings. The smallest absolute Gasteiger partial charge is 0.264 e. The van der Waals surface area contributed by atoms with Crippen molar-refractivity contribution in [3.63, 3.8) is 0 Å². The molecule has 8 nitrogen and oxygen atoms in total. The zero-order valence-corrected chi connectivity index (χ0v) is 24.2. The number of carbonyl (C=O) groups excluding carboxylic acids is 2. The van der Waals surface area contributed by atoms with E-state index in [0.717, 1.165) is 21.0 Å². The predicted octanol–water partition coefficient (Wildman–Crippen LogP) is 4.45. The lowest BCUT2D eigenvalue weighted by atomic mass is 10.1. The van der Waals surface area contributed by atoms with Crippen LogP contribution < -0.4 is 14.4 Å². The third-order valence-corrected chi connectivity index (χ3v) is 8.00. The van der Waals surface area contributed by atoms with Gasteiger partial charge in [0.1, 0.15) is 18.3 Å². The van der Waals surface area contributed by atoms with E-state index in [2.05, 4.69) is 5.32 Å². The topological polar surface area (TPSA) is 96.0 Å². The monoisotopic (exact) mass is 551 g/mol. The Morgan fingerprint density at radius 2 is 1.49 bits per heavy atom. The summed E-state index contributed by atoms with van der Waals surface area (Å²) in [5.74, 6) is -0.163. The van der Waals surface area contributed by atoms with Crippen molar-refractivity contribution in [2.24, 2.45) is 0 Å². The molecule has 0 aliphatic carbocycles. The van der Waals surface area contributed by atoms with Gasteiger partial charge >= 0.3 is 0 Å². The van der Waals surface area contributed by atoms with E-state index in [9.17, 15) is 18.0 Å². The van der Waals surface area contributed by atoms with Crippen molar-refractivity contribution in [2.45, 2.75) is 58.1 Å². The molecule has 1 N–H and O–H groups in total. The van der Waals surface area contributed by atoms with Crippen molar-refractivity contribution in [1.29, 1.82) is 0 Å². The van der Waals surface area contributed by atoms with Gasteiger partial charge in [0.05, 0.1) is 17.7 Å². The van der Waals surface area contributed by atoms with Crippen molar-refractivity contribution >= 4 is 27.5 Å². The number of hydrogen-bond donors (Lipinski definition) is 1. The Balaban J connectivity index is 2.04. The van der Waals surface area contributed by atoms with Gasteiger partial charge in [-0.05, 0) is 87.7 Å². The number of benzene rings is 3. The summed E-state index contributed by atoms with van der Waals surface area (Å²) in [5, 5.41) is 2.85. The number of amides is 2. The summed E-state index contributed by atoms with van der Waals surface area (Å²) in [4.78, 5) is 28.4. The standard InChI is InChI=1S/C30H37N3O5S/c1-21(2)31-30(35)24(5)32(19-25-12-14-27(38-6)15-13-25)29(34)20-33(26-17-22(3)16-23(4)18-26)39(36,37)28-10-8-7-9-11-28/h7-18,21,24H,19-20H2,1-6H3,(H,31,35)/t24-/m1/s1. The van der Waals surface area contributed by atoms with Crippen LogP contribution in [-0.4, -0.2) is 50.9 Å². The normalized spacial score (nSPS) is 12.1. The fourth-order valence-electron chi connectivity index (χ4n) is 4.26. The number of nitrogens with zero attached hydrogens (tertiary/aromatic N) is 2. The lowest BCUT2D eigenvalue weighted by molar-refractivity contribution is -0.139. The Hall–Kier alpha value is -3.85. The minimum Gasteiger partial charge on any atom is -0.497 e. The maximum Gasteiger partial charge on any atom is 0.264 e. The van der Waals surface area contributed by atoms with E-state index in [1.807, 2.05) is 45.9 Å². The van der Waals surface area contributed by atoms with E-state index < -0.39 is 28.5 Å². The molecule has 0 saturated carbocycles. The minimum atomic E-state index is -4.09. The van der Waals surface area contributed by atoms with Gasteiger partial charge in [-0.2, -0.15) is 0 Å². The highest BCUT2D eigenvalue weighted by molar-refractivity contribution is 7.92. The quantitative estimate of drug-likeness (QED) is 0.380. The second kappa shape index (κ2) is 12.8. The summed E-state index contributed by atoms with van der Waals surface area (Å²) in [5.41, 5.74) is 2.89. The summed E-state index contributed by atoms with van der Waals surface area (Å²) >= 11 is 0. The largest absolute Gasteiger partial charge is 0.497 e. The lowest BCUT2D eigenvalue weighted by Crippen LogP contribution is -2.52. The first-order chi connectivity index (χ1) is 18.4. The summed E-state index contributed by atoms with van der Waals surface area (Å²) in [6, 6.07) is 19.7. The third-order valence-electron chi connectivity index (χ3n) is 6.21. The lowest BCUT2D eigenvalue weighted by Gasteiger charge is -2.32. The Kier molecular flexibility index (Phi) is 9.75. The SMILES string of the molecule is COc1ccc(CN(C(=O)CN(c2cc(C)cc(C)c2)S(=O)(=O)c2ccccc2)[C@H](C)C(=O)NC(C)C)cc1. The molecule has 9 heteroatoms. The maximum atomic E-state index is 13.9. The van der Waals surface area contributed by atoms with Crippen molar-refractivity contribution < 1.29 is 22.7 Å². The molecule has 0 saturated heterocycles. The number of methoxy groups -OCH3 is 1. The molecule has 1 atom stereocenters. The van der Waals surface area contributed by atoms with Gasteiger partial charge in [-0.1, -0.05) is 36.4 Å². The average molecular weight is 552 g/mol. The number of sulfonamides is 1.